The van der Waals surface area contributed by atoms with Gasteiger partial charge in [-0.25, -0.2) is 4.79 Å². The lowest BCUT2D eigenvalue weighted by Gasteiger charge is -2.37. The summed E-state index contributed by atoms with van der Waals surface area (Å²) >= 11 is 5.90. The summed E-state index contributed by atoms with van der Waals surface area (Å²) in [5.74, 6) is -0.0403. The van der Waals surface area contributed by atoms with E-state index in [0.717, 1.165) is 12.0 Å². The molecule has 108 valence electrons. The fourth-order valence-corrected chi connectivity index (χ4v) is 2.89. The van der Waals surface area contributed by atoms with Crippen LogP contribution in [0.3, 0.4) is 0 Å². The lowest BCUT2D eigenvalue weighted by atomic mass is 9.91. The van der Waals surface area contributed by atoms with Gasteiger partial charge in [-0.2, -0.15) is 0 Å². The van der Waals surface area contributed by atoms with Crippen LogP contribution in [0, 0.1) is 0 Å². The Kier molecular flexibility index (Phi) is 3.55. The van der Waals surface area contributed by atoms with Gasteiger partial charge in [0.1, 0.15) is 0 Å². The van der Waals surface area contributed by atoms with Gasteiger partial charge in [-0.05, 0) is 37.1 Å². The van der Waals surface area contributed by atoms with Crippen molar-refractivity contribution in [2.45, 2.75) is 19.4 Å². The molecule has 2 amide bonds. The van der Waals surface area contributed by atoms with Crippen LogP contribution in [0.5, 0.6) is 0 Å². The van der Waals surface area contributed by atoms with E-state index in [1.54, 1.807) is 17.0 Å². The SMILES string of the molecule is CC(=O)C1=C2C=CCCN2C(=O)NC1c1ccc(Cl)cc1. The predicted octanol–water partition coefficient (Wildman–Crippen LogP) is 3.21. The number of halogens is 1. The second-order valence-corrected chi connectivity index (χ2v) is 5.57. The highest BCUT2D eigenvalue weighted by Gasteiger charge is 2.35. The Balaban J connectivity index is 2.13. The van der Waals surface area contributed by atoms with Crippen LogP contribution in [0.15, 0.2) is 47.7 Å². The van der Waals surface area contributed by atoms with Crippen molar-refractivity contribution >= 4 is 23.4 Å². The summed E-state index contributed by atoms with van der Waals surface area (Å²) < 4.78 is 0. The average molecular weight is 303 g/mol. The number of benzene rings is 1. The number of amides is 2. The third-order valence-corrected chi connectivity index (χ3v) is 4.00. The van der Waals surface area contributed by atoms with Gasteiger partial charge in [-0.3, -0.25) is 9.69 Å². The summed E-state index contributed by atoms with van der Waals surface area (Å²) in [6.07, 6.45) is 4.65. The molecule has 0 bridgehead atoms. The number of hydrogen-bond acceptors (Lipinski definition) is 2. The molecule has 1 aromatic rings. The average Bonchev–Trinajstić information content (AvgIpc) is 2.47. The number of nitrogens with one attached hydrogen (secondary N) is 1. The molecule has 0 spiro atoms. The highest BCUT2D eigenvalue weighted by atomic mass is 35.5. The molecule has 2 heterocycles. The molecular formula is C16H15ClN2O2. The number of carbonyl (C=O) groups excluding carboxylic acids is 2. The van der Waals surface area contributed by atoms with Gasteiger partial charge >= 0.3 is 6.03 Å². The van der Waals surface area contributed by atoms with Crippen LogP contribution in [0.2, 0.25) is 5.02 Å². The van der Waals surface area contributed by atoms with Gasteiger partial charge in [-0.15, -0.1) is 0 Å². The van der Waals surface area contributed by atoms with Crippen molar-refractivity contribution < 1.29 is 9.59 Å². The van der Waals surface area contributed by atoms with Crippen molar-refractivity contribution in [1.82, 2.24) is 10.2 Å². The molecular weight excluding hydrogens is 288 g/mol. The molecule has 1 aromatic carbocycles. The van der Waals surface area contributed by atoms with Gasteiger partial charge in [-0.1, -0.05) is 29.8 Å². The Hall–Kier alpha value is -2.07. The molecule has 0 radical (unpaired) electrons. The highest BCUT2D eigenvalue weighted by Crippen LogP contribution is 2.33. The second-order valence-electron chi connectivity index (χ2n) is 5.13. The van der Waals surface area contributed by atoms with E-state index in [9.17, 15) is 9.59 Å². The lowest BCUT2D eigenvalue weighted by molar-refractivity contribution is -0.114. The van der Waals surface area contributed by atoms with E-state index in [1.807, 2.05) is 24.3 Å². The van der Waals surface area contributed by atoms with Crippen molar-refractivity contribution in [2.75, 3.05) is 6.54 Å². The van der Waals surface area contributed by atoms with E-state index in [2.05, 4.69) is 5.32 Å². The maximum atomic E-state index is 12.3. The zero-order chi connectivity index (χ0) is 15.0. The van der Waals surface area contributed by atoms with Gasteiger partial charge in [0.2, 0.25) is 0 Å². The third kappa shape index (κ3) is 2.47. The monoisotopic (exact) mass is 302 g/mol. The summed E-state index contributed by atoms with van der Waals surface area (Å²) in [4.78, 5) is 26.0. The topological polar surface area (TPSA) is 49.4 Å². The second kappa shape index (κ2) is 5.37. The van der Waals surface area contributed by atoms with Crippen molar-refractivity contribution in [2.24, 2.45) is 0 Å². The fourth-order valence-electron chi connectivity index (χ4n) is 2.77. The number of ketones is 1. The Morgan fingerprint density at radius 2 is 2.05 bits per heavy atom. The van der Waals surface area contributed by atoms with E-state index < -0.39 is 6.04 Å². The first-order valence-corrected chi connectivity index (χ1v) is 7.21. The fraction of sp³-hybridized carbons (Fsp3) is 0.250. The number of fused-ring (bicyclic) bond motifs is 1. The lowest BCUT2D eigenvalue weighted by Crippen LogP contribution is -2.48. The first-order valence-electron chi connectivity index (χ1n) is 6.83. The Morgan fingerprint density at radius 1 is 1.33 bits per heavy atom. The predicted molar refractivity (Wildman–Crippen MR) is 80.9 cm³/mol. The number of urea groups is 1. The van der Waals surface area contributed by atoms with Crippen molar-refractivity contribution in [3.8, 4) is 0 Å². The van der Waals surface area contributed by atoms with E-state index >= 15 is 0 Å². The maximum Gasteiger partial charge on any atom is 0.322 e. The van der Waals surface area contributed by atoms with Crippen molar-refractivity contribution in [3.63, 3.8) is 0 Å². The quantitative estimate of drug-likeness (QED) is 0.912. The summed E-state index contributed by atoms with van der Waals surface area (Å²) in [5, 5.41) is 3.54. The summed E-state index contributed by atoms with van der Waals surface area (Å²) in [6, 6.07) is 6.58. The summed E-state index contributed by atoms with van der Waals surface area (Å²) in [5.41, 5.74) is 2.18. The molecule has 1 N–H and O–H groups in total. The molecule has 1 atom stereocenters. The largest absolute Gasteiger partial charge is 0.327 e. The zero-order valence-electron chi connectivity index (χ0n) is 11.6. The third-order valence-electron chi connectivity index (χ3n) is 3.75. The molecule has 0 saturated heterocycles. The van der Waals surface area contributed by atoms with E-state index in [0.29, 0.717) is 22.8 Å². The minimum atomic E-state index is -0.429. The van der Waals surface area contributed by atoms with Crippen LogP contribution in [-0.2, 0) is 4.79 Å². The van der Waals surface area contributed by atoms with Gasteiger partial charge < -0.3 is 5.32 Å². The molecule has 21 heavy (non-hydrogen) atoms. The van der Waals surface area contributed by atoms with Crippen LogP contribution in [0.4, 0.5) is 4.79 Å². The molecule has 4 nitrogen and oxygen atoms in total. The van der Waals surface area contributed by atoms with Gasteiger partial charge in [0, 0.05) is 17.1 Å². The van der Waals surface area contributed by atoms with Crippen LogP contribution in [0.1, 0.15) is 24.9 Å². The van der Waals surface area contributed by atoms with Gasteiger partial charge in [0.15, 0.2) is 5.78 Å². The van der Waals surface area contributed by atoms with E-state index in [-0.39, 0.29) is 11.8 Å². The first kappa shape index (κ1) is 13.9. The van der Waals surface area contributed by atoms with Crippen molar-refractivity contribution in [3.05, 3.63) is 58.3 Å². The number of carbonyl (C=O) groups is 2. The zero-order valence-corrected chi connectivity index (χ0v) is 12.4. The number of nitrogens with zero attached hydrogens (tertiary/aromatic N) is 1. The molecule has 0 aliphatic carbocycles. The number of allylic oxidation sites excluding steroid dienone is 1. The van der Waals surface area contributed by atoms with Crippen LogP contribution >= 0.6 is 11.6 Å². The van der Waals surface area contributed by atoms with E-state index in [4.69, 9.17) is 11.6 Å². The molecule has 1 unspecified atom stereocenters. The molecule has 0 aromatic heterocycles. The Labute approximate surface area is 128 Å². The first-order chi connectivity index (χ1) is 10.1. The molecule has 0 fully saturated rings. The minimum absolute atomic E-state index is 0.0403. The van der Waals surface area contributed by atoms with E-state index in [1.165, 1.54) is 6.92 Å². The summed E-state index contributed by atoms with van der Waals surface area (Å²) in [6.45, 7) is 2.13. The molecule has 2 aliphatic rings. The number of rotatable bonds is 2. The smallest absolute Gasteiger partial charge is 0.322 e. The minimum Gasteiger partial charge on any atom is -0.327 e. The Morgan fingerprint density at radius 3 is 2.71 bits per heavy atom. The highest BCUT2D eigenvalue weighted by molar-refractivity contribution is 6.30. The van der Waals surface area contributed by atoms with Crippen LogP contribution < -0.4 is 5.32 Å². The maximum absolute atomic E-state index is 12.3. The molecule has 5 heteroatoms. The van der Waals surface area contributed by atoms with Gasteiger partial charge in [0.05, 0.1) is 11.7 Å². The van der Waals surface area contributed by atoms with Crippen LogP contribution in [0.25, 0.3) is 0 Å². The molecule has 2 aliphatic heterocycles. The standard InChI is InChI=1S/C16H15ClN2O2/c1-10(20)14-13-4-2-3-9-19(13)16(21)18-15(14)11-5-7-12(17)8-6-11/h2,4-8,15H,3,9H2,1H3,(H,18,21). The number of hydrogen-bond donors (Lipinski definition) is 1. The van der Waals surface area contributed by atoms with Crippen LogP contribution in [-0.4, -0.2) is 23.3 Å². The summed E-state index contributed by atoms with van der Waals surface area (Å²) in [7, 11) is 0. The molecule has 0 saturated carbocycles. The normalized spacial score (nSPS) is 21.1. The Bertz CT molecular complexity index is 661. The number of Topliss-reactive ketones (excluding diaryl/α,β-unsaturated/α-hetero) is 1. The van der Waals surface area contributed by atoms with Gasteiger partial charge in [0.25, 0.3) is 0 Å². The van der Waals surface area contributed by atoms with Crippen molar-refractivity contribution in [1.29, 1.82) is 0 Å². The molecule has 3 rings (SSSR count).